The van der Waals surface area contributed by atoms with E-state index < -0.39 is 0 Å². The lowest BCUT2D eigenvalue weighted by Crippen LogP contribution is -2.48. The van der Waals surface area contributed by atoms with Gasteiger partial charge in [0.2, 0.25) is 0 Å². The number of piperidine rings is 2. The summed E-state index contributed by atoms with van der Waals surface area (Å²) in [6, 6.07) is 8.44. The lowest BCUT2D eigenvalue weighted by molar-refractivity contribution is 0.00986. The summed E-state index contributed by atoms with van der Waals surface area (Å²) >= 11 is 0. The van der Waals surface area contributed by atoms with Gasteiger partial charge in [0.25, 0.3) is 0 Å². The molecule has 0 saturated carbocycles. The third kappa shape index (κ3) is 9.58. The molecule has 1 aromatic carbocycles. The van der Waals surface area contributed by atoms with Gasteiger partial charge >= 0.3 is 0 Å². The highest BCUT2D eigenvalue weighted by Crippen LogP contribution is 2.20. The topological polar surface area (TPSA) is 58.6 Å². The first-order valence-corrected chi connectivity index (χ1v) is 12.1. The van der Waals surface area contributed by atoms with Gasteiger partial charge in [0.15, 0.2) is 5.96 Å². The van der Waals surface area contributed by atoms with Gasteiger partial charge in [0, 0.05) is 53.6 Å². The van der Waals surface area contributed by atoms with Crippen LogP contribution < -0.4 is 10.1 Å². The van der Waals surface area contributed by atoms with Crippen LogP contribution in [-0.2, 0) is 16.0 Å². The van der Waals surface area contributed by atoms with Gasteiger partial charge in [-0.05, 0) is 68.8 Å². The van der Waals surface area contributed by atoms with Gasteiger partial charge in [0.1, 0.15) is 5.75 Å². The fourth-order valence-corrected chi connectivity index (χ4v) is 4.59. The Hall–Kier alpha value is -1.10. The third-order valence-electron chi connectivity index (χ3n) is 6.62. The summed E-state index contributed by atoms with van der Waals surface area (Å²) in [5.74, 6) is 2.68. The first-order valence-electron chi connectivity index (χ1n) is 12.1. The number of benzene rings is 1. The molecule has 0 bridgehead atoms. The van der Waals surface area contributed by atoms with Crippen molar-refractivity contribution in [1.29, 1.82) is 0 Å². The summed E-state index contributed by atoms with van der Waals surface area (Å²) in [5, 5.41) is 3.65. The Morgan fingerprint density at radius 3 is 2.30 bits per heavy atom. The summed E-state index contributed by atoms with van der Waals surface area (Å²) in [5.41, 5.74) is 1.36. The van der Waals surface area contributed by atoms with Gasteiger partial charge in [-0.25, -0.2) is 0 Å². The summed E-state index contributed by atoms with van der Waals surface area (Å²) in [6.07, 6.45) is 5.94. The van der Waals surface area contributed by atoms with Crippen molar-refractivity contribution in [1.82, 2.24) is 15.1 Å². The molecule has 1 aromatic rings. The second-order valence-corrected chi connectivity index (χ2v) is 8.90. The summed E-state index contributed by atoms with van der Waals surface area (Å²) in [4.78, 5) is 9.49. The molecule has 1 N–H and O–H groups in total. The molecule has 0 atom stereocenters. The lowest BCUT2D eigenvalue weighted by Gasteiger charge is -2.36. The number of methoxy groups -OCH3 is 2. The molecule has 0 aromatic heterocycles. The number of nitrogens with zero attached hydrogens (tertiary/aromatic N) is 3. The van der Waals surface area contributed by atoms with E-state index >= 15 is 0 Å². The van der Waals surface area contributed by atoms with E-state index in [-0.39, 0.29) is 24.0 Å². The summed E-state index contributed by atoms with van der Waals surface area (Å²) < 4.78 is 16.3. The van der Waals surface area contributed by atoms with Crippen molar-refractivity contribution >= 4 is 29.9 Å². The van der Waals surface area contributed by atoms with Crippen molar-refractivity contribution < 1.29 is 14.2 Å². The number of ether oxygens (including phenoxy) is 3. The largest absolute Gasteiger partial charge is 0.497 e. The first kappa shape index (κ1) is 28.1. The molecule has 0 unspecified atom stereocenters. The van der Waals surface area contributed by atoms with Crippen LogP contribution in [0.5, 0.6) is 5.75 Å². The molecule has 2 fully saturated rings. The maximum Gasteiger partial charge on any atom is 0.193 e. The van der Waals surface area contributed by atoms with E-state index in [9.17, 15) is 0 Å². The molecular weight excluding hydrogens is 531 g/mol. The minimum absolute atomic E-state index is 0. The van der Waals surface area contributed by atoms with E-state index in [0.29, 0.717) is 12.0 Å². The second kappa shape index (κ2) is 15.7. The highest BCUT2D eigenvalue weighted by molar-refractivity contribution is 14.0. The SMILES string of the molecule is CN=C(NCC1CCN(Cc2ccc(OC)cc2)CC1)N1CCC(OCCCOC)CC1.I. The molecule has 3 rings (SSSR count). The fraction of sp³-hybridized carbons (Fsp3) is 0.720. The fourth-order valence-electron chi connectivity index (χ4n) is 4.59. The number of nitrogens with one attached hydrogen (secondary N) is 1. The standard InChI is InChI=1S/C25H42N4O3.HI/c1-26-25(29-15-11-24(12-16-29)32-18-4-17-30-2)27-19-21-9-13-28(14-10-21)20-22-5-7-23(31-3)8-6-22;/h5-8,21,24H,4,9-20H2,1-3H3,(H,26,27);1H. The number of rotatable bonds is 10. The Bertz CT molecular complexity index is 673. The van der Waals surface area contributed by atoms with Crippen molar-refractivity contribution in [2.45, 2.75) is 44.8 Å². The molecule has 33 heavy (non-hydrogen) atoms. The van der Waals surface area contributed by atoms with Crippen LogP contribution in [0.15, 0.2) is 29.3 Å². The number of hydrogen-bond donors (Lipinski definition) is 1. The van der Waals surface area contributed by atoms with Crippen LogP contribution in [0.25, 0.3) is 0 Å². The zero-order chi connectivity index (χ0) is 22.6. The van der Waals surface area contributed by atoms with E-state index in [1.807, 2.05) is 19.2 Å². The van der Waals surface area contributed by atoms with Crippen molar-refractivity contribution in [2.24, 2.45) is 10.9 Å². The smallest absolute Gasteiger partial charge is 0.193 e. The highest BCUT2D eigenvalue weighted by atomic mass is 127. The van der Waals surface area contributed by atoms with Crippen LogP contribution in [0, 0.1) is 5.92 Å². The maximum atomic E-state index is 5.99. The van der Waals surface area contributed by atoms with Gasteiger partial charge in [0.05, 0.1) is 13.2 Å². The van der Waals surface area contributed by atoms with Gasteiger partial charge in [-0.15, -0.1) is 24.0 Å². The predicted octanol–water partition coefficient (Wildman–Crippen LogP) is 3.62. The van der Waals surface area contributed by atoms with E-state index in [2.05, 4.69) is 32.2 Å². The lowest BCUT2D eigenvalue weighted by atomic mass is 9.96. The molecule has 0 spiro atoms. The van der Waals surface area contributed by atoms with Crippen LogP contribution in [0.2, 0.25) is 0 Å². The zero-order valence-electron chi connectivity index (χ0n) is 20.6. The Morgan fingerprint density at radius 2 is 1.70 bits per heavy atom. The molecule has 0 radical (unpaired) electrons. The second-order valence-electron chi connectivity index (χ2n) is 8.90. The molecule has 0 amide bonds. The predicted molar refractivity (Wildman–Crippen MR) is 145 cm³/mol. The minimum Gasteiger partial charge on any atom is -0.497 e. The Kier molecular flexibility index (Phi) is 13.4. The van der Waals surface area contributed by atoms with Gasteiger partial charge in [-0.3, -0.25) is 9.89 Å². The molecule has 2 saturated heterocycles. The summed E-state index contributed by atoms with van der Waals surface area (Å²) in [7, 11) is 5.35. The monoisotopic (exact) mass is 574 g/mol. The van der Waals surface area contributed by atoms with Crippen LogP contribution in [-0.4, -0.2) is 89.1 Å². The normalized spacial score (nSPS) is 18.8. The highest BCUT2D eigenvalue weighted by Gasteiger charge is 2.24. The van der Waals surface area contributed by atoms with Crippen molar-refractivity contribution in [3.05, 3.63) is 29.8 Å². The molecule has 188 valence electrons. The average molecular weight is 575 g/mol. The van der Waals surface area contributed by atoms with E-state index in [0.717, 1.165) is 83.5 Å². The molecule has 0 aliphatic carbocycles. The van der Waals surface area contributed by atoms with Crippen molar-refractivity contribution in [3.63, 3.8) is 0 Å². The molecule has 7 nitrogen and oxygen atoms in total. The Morgan fingerprint density at radius 1 is 1.00 bits per heavy atom. The first-order chi connectivity index (χ1) is 15.7. The molecule has 2 heterocycles. The molecule has 2 aliphatic rings. The van der Waals surface area contributed by atoms with Gasteiger partial charge in [-0.2, -0.15) is 0 Å². The van der Waals surface area contributed by atoms with E-state index in [4.69, 9.17) is 14.2 Å². The Balaban J connectivity index is 0.00000385. The average Bonchev–Trinajstić information content (AvgIpc) is 2.84. The third-order valence-corrected chi connectivity index (χ3v) is 6.62. The maximum absolute atomic E-state index is 5.99. The van der Waals surface area contributed by atoms with Crippen LogP contribution in [0.1, 0.15) is 37.7 Å². The number of likely N-dealkylation sites (tertiary alicyclic amines) is 2. The van der Waals surface area contributed by atoms with Crippen molar-refractivity contribution in [2.75, 3.05) is 67.2 Å². The Labute approximate surface area is 217 Å². The number of halogens is 1. The minimum atomic E-state index is 0. The summed E-state index contributed by atoms with van der Waals surface area (Å²) in [6.45, 7) is 7.93. The van der Waals surface area contributed by atoms with Gasteiger partial charge in [-0.1, -0.05) is 12.1 Å². The quantitative estimate of drug-likeness (QED) is 0.200. The number of aliphatic imine (C=N–C) groups is 1. The van der Waals surface area contributed by atoms with Crippen LogP contribution in [0.3, 0.4) is 0 Å². The molecular formula is C25H43IN4O3. The van der Waals surface area contributed by atoms with Gasteiger partial charge < -0.3 is 24.4 Å². The van der Waals surface area contributed by atoms with E-state index in [1.54, 1.807) is 14.2 Å². The van der Waals surface area contributed by atoms with Crippen LogP contribution >= 0.6 is 24.0 Å². The number of hydrogen-bond acceptors (Lipinski definition) is 5. The van der Waals surface area contributed by atoms with Crippen LogP contribution in [0.4, 0.5) is 0 Å². The van der Waals surface area contributed by atoms with Crippen molar-refractivity contribution in [3.8, 4) is 5.75 Å². The molecule has 2 aliphatic heterocycles. The molecule has 8 heteroatoms. The number of guanidine groups is 1. The van der Waals surface area contributed by atoms with E-state index in [1.165, 1.54) is 18.4 Å². The zero-order valence-corrected chi connectivity index (χ0v) is 23.0.